The number of piperidine rings is 1. The number of carboxylic acid groups (broad SMARTS) is 1. The average Bonchev–Trinajstić information content (AvgIpc) is 2.39. The average molecular weight is 282 g/mol. The van der Waals surface area contributed by atoms with Crippen molar-refractivity contribution in [3.63, 3.8) is 0 Å². The van der Waals surface area contributed by atoms with Crippen molar-refractivity contribution in [2.75, 3.05) is 13.1 Å². The molecule has 5 heteroatoms. The topological polar surface area (TPSA) is 69.6 Å². The van der Waals surface area contributed by atoms with Gasteiger partial charge < -0.3 is 15.3 Å². The zero-order chi connectivity index (χ0) is 14.6. The van der Waals surface area contributed by atoms with Gasteiger partial charge in [-0.2, -0.15) is 0 Å². The van der Waals surface area contributed by atoms with Crippen LogP contribution in [0.5, 0.6) is 0 Å². The second kappa shape index (κ2) is 6.46. The molecule has 0 spiro atoms. The maximum Gasteiger partial charge on any atom is 0.317 e. The summed E-state index contributed by atoms with van der Waals surface area (Å²) < 4.78 is 0. The van der Waals surface area contributed by atoms with E-state index < -0.39 is 11.5 Å². The Morgan fingerprint density at radius 3 is 2.35 bits per heavy atom. The van der Waals surface area contributed by atoms with Gasteiger partial charge in [-0.25, -0.2) is 4.79 Å². The quantitative estimate of drug-likeness (QED) is 0.836. The molecule has 1 aliphatic heterocycles. The van der Waals surface area contributed by atoms with Crippen LogP contribution < -0.4 is 5.32 Å². The number of nitrogens with zero attached hydrogens (tertiary/aromatic N) is 1. The van der Waals surface area contributed by atoms with E-state index in [9.17, 15) is 9.59 Å². The van der Waals surface area contributed by atoms with Crippen molar-refractivity contribution in [2.45, 2.75) is 63.8 Å². The third-order valence-corrected chi connectivity index (χ3v) is 4.74. The minimum atomic E-state index is -0.820. The van der Waals surface area contributed by atoms with Crippen molar-refractivity contribution < 1.29 is 14.7 Å². The molecule has 1 heterocycles. The number of likely N-dealkylation sites (tertiary alicyclic amines) is 1. The normalized spacial score (nSPS) is 23.4. The first-order valence-corrected chi connectivity index (χ1v) is 7.80. The summed E-state index contributed by atoms with van der Waals surface area (Å²) in [6, 6.07) is -0.0694. The number of rotatable bonds is 3. The predicted octanol–water partition coefficient (Wildman–Crippen LogP) is 2.61. The molecule has 0 unspecified atom stereocenters. The SMILES string of the molecule is CC1CCN(C(=O)NC2(CC(=O)O)CCCCC2)CC1. The summed E-state index contributed by atoms with van der Waals surface area (Å²) in [7, 11) is 0. The zero-order valence-electron chi connectivity index (χ0n) is 12.4. The highest BCUT2D eigenvalue weighted by atomic mass is 16.4. The highest BCUT2D eigenvalue weighted by Crippen LogP contribution is 2.31. The molecule has 5 nitrogen and oxygen atoms in total. The first kappa shape index (κ1) is 15.1. The van der Waals surface area contributed by atoms with Gasteiger partial charge in [0, 0.05) is 13.1 Å². The summed E-state index contributed by atoms with van der Waals surface area (Å²) in [4.78, 5) is 25.3. The van der Waals surface area contributed by atoms with Gasteiger partial charge in [0.15, 0.2) is 0 Å². The van der Waals surface area contributed by atoms with E-state index in [0.717, 1.165) is 58.0 Å². The molecule has 2 fully saturated rings. The van der Waals surface area contributed by atoms with Gasteiger partial charge >= 0.3 is 12.0 Å². The van der Waals surface area contributed by atoms with E-state index in [1.54, 1.807) is 0 Å². The molecule has 2 amide bonds. The van der Waals surface area contributed by atoms with Crippen LogP contribution >= 0.6 is 0 Å². The van der Waals surface area contributed by atoms with Crippen LogP contribution in [0.4, 0.5) is 4.79 Å². The van der Waals surface area contributed by atoms with Crippen LogP contribution in [0.15, 0.2) is 0 Å². The summed E-state index contributed by atoms with van der Waals surface area (Å²) in [6.45, 7) is 3.79. The lowest BCUT2D eigenvalue weighted by molar-refractivity contribution is -0.139. The van der Waals surface area contributed by atoms with Crippen molar-refractivity contribution in [3.8, 4) is 0 Å². The van der Waals surface area contributed by atoms with Gasteiger partial charge in [-0.05, 0) is 31.6 Å². The lowest BCUT2D eigenvalue weighted by Gasteiger charge is -2.40. The van der Waals surface area contributed by atoms with Crippen molar-refractivity contribution >= 4 is 12.0 Å². The summed E-state index contributed by atoms with van der Waals surface area (Å²) in [5.41, 5.74) is -0.524. The van der Waals surface area contributed by atoms with E-state index in [-0.39, 0.29) is 12.5 Å². The van der Waals surface area contributed by atoms with Crippen molar-refractivity contribution in [1.29, 1.82) is 0 Å². The lowest BCUT2D eigenvalue weighted by atomic mass is 9.79. The van der Waals surface area contributed by atoms with Crippen LogP contribution in [-0.2, 0) is 4.79 Å². The second-order valence-electron chi connectivity index (χ2n) is 6.51. The van der Waals surface area contributed by atoms with Crippen LogP contribution in [0, 0.1) is 5.92 Å². The Labute approximate surface area is 120 Å². The highest BCUT2D eigenvalue weighted by molar-refractivity contribution is 5.77. The highest BCUT2D eigenvalue weighted by Gasteiger charge is 2.37. The van der Waals surface area contributed by atoms with Crippen LogP contribution in [0.25, 0.3) is 0 Å². The molecule has 2 rings (SSSR count). The largest absolute Gasteiger partial charge is 0.481 e. The maximum atomic E-state index is 12.4. The van der Waals surface area contributed by atoms with E-state index in [1.165, 1.54) is 0 Å². The van der Waals surface area contributed by atoms with Gasteiger partial charge in [0.05, 0.1) is 12.0 Å². The van der Waals surface area contributed by atoms with E-state index in [0.29, 0.717) is 5.92 Å². The molecule has 0 bridgehead atoms. The number of carbonyl (C=O) groups excluding carboxylic acids is 1. The molecule has 0 aromatic carbocycles. The zero-order valence-corrected chi connectivity index (χ0v) is 12.4. The smallest absolute Gasteiger partial charge is 0.317 e. The standard InChI is InChI=1S/C15H26N2O3/c1-12-5-9-17(10-6-12)14(20)16-15(11-13(18)19)7-3-2-4-8-15/h12H,2-11H2,1H3,(H,16,20)(H,18,19). The van der Waals surface area contributed by atoms with Gasteiger partial charge in [-0.15, -0.1) is 0 Å². The molecular weight excluding hydrogens is 256 g/mol. The maximum absolute atomic E-state index is 12.4. The second-order valence-corrected chi connectivity index (χ2v) is 6.51. The molecule has 0 aromatic heterocycles. The molecule has 2 N–H and O–H groups in total. The van der Waals surface area contributed by atoms with Gasteiger partial charge in [0.2, 0.25) is 0 Å². The van der Waals surface area contributed by atoms with E-state index in [1.807, 2.05) is 4.90 Å². The molecule has 0 radical (unpaired) electrons. The molecule has 1 saturated heterocycles. The monoisotopic (exact) mass is 282 g/mol. The number of nitrogens with one attached hydrogen (secondary N) is 1. The minimum absolute atomic E-state index is 0.0446. The van der Waals surface area contributed by atoms with Gasteiger partial charge in [0.25, 0.3) is 0 Å². The summed E-state index contributed by atoms with van der Waals surface area (Å²) in [6.07, 6.45) is 6.85. The fourth-order valence-corrected chi connectivity index (χ4v) is 3.38. The number of hydrogen-bond donors (Lipinski definition) is 2. The van der Waals surface area contributed by atoms with E-state index in [4.69, 9.17) is 5.11 Å². The van der Waals surface area contributed by atoms with Crippen LogP contribution in [-0.4, -0.2) is 40.6 Å². The van der Waals surface area contributed by atoms with Gasteiger partial charge in [0.1, 0.15) is 0 Å². The molecule has 114 valence electrons. The molecule has 1 saturated carbocycles. The fraction of sp³-hybridized carbons (Fsp3) is 0.867. The van der Waals surface area contributed by atoms with Crippen LogP contribution in [0.3, 0.4) is 0 Å². The molecule has 1 aliphatic carbocycles. The predicted molar refractivity (Wildman–Crippen MR) is 76.6 cm³/mol. The molecule has 20 heavy (non-hydrogen) atoms. The Kier molecular flexibility index (Phi) is 4.89. The Morgan fingerprint density at radius 1 is 1.20 bits per heavy atom. The fourth-order valence-electron chi connectivity index (χ4n) is 3.38. The van der Waals surface area contributed by atoms with Gasteiger partial charge in [-0.3, -0.25) is 4.79 Å². The van der Waals surface area contributed by atoms with Crippen molar-refractivity contribution in [1.82, 2.24) is 10.2 Å². The Balaban J connectivity index is 1.96. The number of urea groups is 1. The first-order chi connectivity index (χ1) is 9.51. The summed E-state index contributed by atoms with van der Waals surface area (Å²) in [5, 5.41) is 12.2. The Bertz CT molecular complexity index is 356. The Morgan fingerprint density at radius 2 is 1.80 bits per heavy atom. The third kappa shape index (κ3) is 3.87. The summed E-state index contributed by atoms with van der Waals surface area (Å²) in [5.74, 6) is -0.138. The number of hydrogen-bond acceptors (Lipinski definition) is 2. The minimum Gasteiger partial charge on any atom is -0.481 e. The van der Waals surface area contributed by atoms with Crippen molar-refractivity contribution in [2.24, 2.45) is 5.92 Å². The molecular formula is C15H26N2O3. The van der Waals surface area contributed by atoms with Crippen LogP contribution in [0.2, 0.25) is 0 Å². The Hall–Kier alpha value is -1.26. The first-order valence-electron chi connectivity index (χ1n) is 7.80. The number of amides is 2. The molecule has 0 atom stereocenters. The summed E-state index contributed by atoms with van der Waals surface area (Å²) >= 11 is 0. The lowest BCUT2D eigenvalue weighted by Crippen LogP contribution is -2.56. The van der Waals surface area contributed by atoms with E-state index in [2.05, 4.69) is 12.2 Å². The van der Waals surface area contributed by atoms with Crippen molar-refractivity contribution in [3.05, 3.63) is 0 Å². The molecule has 0 aromatic rings. The van der Waals surface area contributed by atoms with E-state index >= 15 is 0 Å². The number of aliphatic carboxylic acids is 1. The van der Waals surface area contributed by atoms with Crippen LogP contribution in [0.1, 0.15) is 58.3 Å². The number of carboxylic acids is 1. The molecule has 2 aliphatic rings. The van der Waals surface area contributed by atoms with Gasteiger partial charge in [-0.1, -0.05) is 26.2 Å². The third-order valence-electron chi connectivity index (χ3n) is 4.74. The number of carbonyl (C=O) groups is 2.